The molecule has 0 aliphatic heterocycles. The Morgan fingerprint density at radius 1 is 0.955 bits per heavy atom. The number of nitrogens with zero attached hydrogens (tertiary/aromatic N) is 1. The summed E-state index contributed by atoms with van der Waals surface area (Å²) in [6, 6.07) is 5.26. The highest BCUT2D eigenvalue weighted by Crippen LogP contribution is 2.36. The van der Waals surface area contributed by atoms with E-state index in [1.54, 1.807) is 0 Å². The SMILES string of the molecule is Nc1ncc(-c2cccc(OC(F)(F)F)c2)cc1C(F)(F)F. The molecule has 0 spiro atoms. The summed E-state index contributed by atoms with van der Waals surface area (Å²) in [7, 11) is 0. The fourth-order valence-corrected chi connectivity index (χ4v) is 1.73. The maximum Gasteiger partial charge on any atom is 0.573 e. The van der Waals surface area contributed by atoms with E-state index in [4.69, 9.17) is 5.73 Å². The van der Waals surface area contributed by atoms with Crippen LogP contribution < -0.4 is 10.5 Å². The lowest BCUT2D eigenvalue weighted by Crippen LogP contribution is -2.17. The molecule has 2 N–H and O–H groups in total. The Balaban J connectivity index is 2.43. The van der Waals surface area contributed by atoms with E-state index >= 15 is 0 Å². The molecule has 0 aliphatic carbocycles. The summed E-state index contributed by atoms with van der Waals surface area (Å²) in [6.45, 7) is 0. The van der Waals surface area contributed by atoms with Gasteiger partial charge in [0.05, 0.1) is 5.56 Å². The Morgan fingerprint density at radius 3 is 2.23 bits per heavy atom. The van der Waals surface area contributed by atoms with Gasteiger partial charge in [0.2, 0.25) is 0 Å². The molecule has 1 aromatic heterocycles. The molecule has 0 bridgehead atoms. The van der Waals surface area contributed by atoms with Crippen molar-refractivity contribution in [3.63, 3.8) is 0 Å². The van der Waals surface area contributed by atoms with E-state index in [9.17, 15) is 26.3 Å². The highest BCUT2D eigenvalue weighted by atomic mass is 19.4. The van der Waals surface area contributed by atoms with E-state index < -0.39 is 29.7 Å². The number of alkyl halides is 6. The third-order valence-corrected chi connectivity index (χ3v) is 2.62. The van der Waals surface area contributed by atoms with E-state index in [0.29, 0.717) is 0 Å². The van der Waals surface area contributed by atoms with Gasteiger partial charge in [0.25, 0.3) is 0 Å². The first kappa shape index (κ1) is 15.9. The number of aromatic nitrogens is 1. The number of nitrogen functional groups attached to an aromatic ring is 1. The third kappa shape index (κ3) is 3.80. The summed E-state index contributed by atoms with van der Waals surface area (Å²) in [5.74, 6) is -1.26. The van der Waals surface area contributed by atoms with Gasteiger partial charge in [0.15, 0.2) is 0 Å². The summed E-state index contributed by atoms with van der Waals surface area (Å²) in [5, 5.41) is 0. The molecule has 0 saturated heterocycles. The van der Waals surface area contributed by atoms with Crippen molar-refractivity contribution in [2.45, 2.75) is 12.5 Å². The summed E-state index contributed by atoms with van der Waals surface area (Å²) in [6.07, 6.45) is -8.57. The van der Waals surface area contributed by atoms with Crippen LogP contribution in [0.4, 0.5) is 32.2 Å². The number of benzene rings is 1. The van der Waals surface area contributed by atoms with Crippen molar-refractivity contribution in [1.29, 1.82) is 0 Å². The summed E-state index contributed by atoms with van der Waals surface area (Å²) in [4.78, 5) is 3.42. The normalized spacial score (nSPS) is 12.3. The van der Waals surface area contributed by atoms with E-state index in [1.165, 1.54) is 12.1 Å². The minimum atomic E-state index is -4.89. The van der Waals surface area contributed by atoms with Crippen molar-refractivity contribution >= 4 is 5.82 Å². The number of hydrogen-bond donors (Lipinski definition) is 1. The number of nitrogens with two attached hydrogens (primary N) is 1. The fraction of sp³-hybridized carbons (Fsp3) is 0.154. The number of anilines is 1. The first-order valence-electron chi connectivity index (χ1n) is 5.75. The van der Waals surface area contributed by atoms with Gasteiger partial charge in [0.1, 0.15) is 11.6 Å². The minimum Gasteiger partial charge on any atom is -0.406 e. The van der Waals surface area contributed by atoms with Crippen LogP contribution in [0, 0.1) is 0 Å². The predicted octanol–water partition coefficient (Wildman–Crippen LogP) is 4.25. The fourth-order valence-electron chi connectivity index (χ4n) is 1.73. The van der Waals surface area contributed by atoms with Gasteiger partial charge in [-0.15, -0.1) is 13.2 Å². The molecule has 0 unspecified atom stereocenters. The van der Waals surface area contributed by atoms with Crippen LogP contribution in [-0.4, -0.2) is 11.3 Å². The Morgan fingerprint density at radius 2 is 1.64 bits per heavy atom. The lowest BCUT2D eigenvalue weighted by Gasteiger charge is -2.12. The van der Waals surface area contributed by atoms with E-state index in [2.05, 4.69) is 9.72 Å². The van der Waals surface area contributed by atoms with Crippen molar-refractivity contribution in [1.82, 2.24) is 4.98 Å². The zero-order valence-electron chi connectivity index (χ0n) is 10.7. The van der Waals surface area contributed by atoms with Crippen LogP contribution in [0.2, 0.25) is 0 Å². The average Bonchev–Trinajstić information content (AvgIpc) is 2.36. The smallest absolute Gasteiger partial charge is 0.406 e. The molecule has 3 nitrogen and oxygen atoms in total. The van der Waals surface area contributed by atoms with Crippen LogP contribution >= 0.6 is 0 Å². The minimum absolute atomic E-state index is 0.0332. The Bertz CT molecular complexity index is 681. The number of ether oxygens (including phenoxy) is 1. The van der Waals surface area contributed by atoms with E-state index in [-0.39, 0.29) is 11.1 Å². The highest BCUT2D eigenvalue weighted by molar-refractivity contribution is 5.67. The average molecular weight is 322 g/mol. The van der Waals surface area contributed by atoms with Crippen LogP contribution in [0.1, 0.15) is 5.56 Å². The maximum absolute atomic E-state index is 12.8. The molecule has 1 heterocycles. The molecule has 0 aliphatic rings. The second-order valence-corrected chi connectivity index (χ2v) is 4.23. The second kappa shape index (κ2) is 5.39. The van der Waals surface area contributed by atoms with E-state index in [1.807, 2.05) is 0 Å². The van der Waals surface area contributed by atoms with Crippen molar-refractivity contribution in [3.05, 3.63) is 42.1 Å². The van der Waals surface area contributed by atoms with Crippen LogP contribution in [0.15, 0.2) is 36.5 Å². The molecule has 0 amide bonds. The molecule has 0 fully saturated rings. The molecular weight excluding hydrogens is 314 g/mol. The molecular formula is C13H8F6N2O. The van der Waals surface area contributed by atoms with Gasteiger partial charge < -0.3 is 10.5 Å². The summed E-state index contributed by atoms with van der Waals surface area (Å²) in [5.41, 5.74) is 4.05. The van der Waals surface area contributed by atoms with Crippen LogP contribution in [0.5, 0.6) is 5.75 Å². The van der Waals surface area contributed by atoms with Gasteiger partial charge in [-0.05, 0) is 23.8 Å². The first-order chi connectivity index (χ1) is 10.1. The quantitative estimate of drug-likeness (QED) is 0.841. The monoisotopic (exact) mass is 322 g/mol. The van der Waals surface area contributed by atoms with E-state index in [0.717, 1.165) is 24.4 Å². The number of pyridine rings is 1. The molecule has 1 aromatic carbocycles. The summed E-state index contributed by atoms with van der Waals surface area (Å²) < 4.78 is 78.4. The van der Waals surface area contributed by atoms with Gasteiger partial charge in [-0.2, -0.15) is 13.2 Å². The molecule has 2 aromatic rings. The first-order valence-corrected chi connectivity index (χ1v) is 5.75. The standard InChI is InChI=1S/C13H8F6N2O/c14-12(15,16)10-5-8(6-21-11(10)20)7-2-1-3-9(4-7)22-13(17,18)19/h1-6H,(H2,20,21). The van der Waals surface area contributed by atoms with Gasteiger partial charge in [0, 0.05) is 11.8 Å². The lowest BCUT2D eigenvalue weighted by atomic mass is 10.1. The Kier molecular flexibility index (Phi) is 3.90. The molecule has 22 heavy (non-hydrogen) atoms. The van der Waals surface area contributed by atoms with Gasteiger partial charge in [-0.3, -0.25) is 0 Å². The Hall–Kier alpha value is -2.45. The Labute approximate surface area is 120 Å². The highest BCUT2D eigenvalue weighted by Gasteiger charge is 2.34. The molecule has 0 atom stereocenters. The zero-order chi connectivity index (χ0) is 16.5. The van der Waals surface area contributed by atoms with Crippen LogP contribution in [-0.2, 0) is 6.18 Å². The van der Waals surface area contributed by atoms with Crippen molar-refractivity contribution in [2.24, 2.45) is 0 Å². The molecule has 118 valence electrons. The van der Waals surface area contributed by atoms with Crippen LogP contribution in [0.25, 0.3) is 11.1 Å². The molecule has 9 heteroatoms. The largest absolute Gasteiger partial charge is 0.573 e. The zero-order valence-corrected chi connectivity index (χ0v) is 10.7. The topological polar surface area (TPSA) is 48.1 Å². The number of halogens is 6. The lowest BCUT2D eigenvalue weighted by molar-refractivity contribution is -0.274. The van der Waals surface area contributed by atoms with Gasteiger partial charge >= 0.3 is 12.5 Å². The van der Waals surface area contributed by atoms with Gasteiger partial charge in [-0.1, -0.05) is 12.1 Å². The molecule has 2 rings (SSSR count). The van der Waals surface area contributed by atoms with Crippen LogP contribution in [0.3, 0.4) is 0 Å². The third-order valence-electron chi connectivity index (χ3n) is 2.62. The molecule has 0 saturated carbocycles. The maximum atomic E-state index is 12.8. The number of hydrogen-bond acceptors (Lipinski definition) is 3. The number of rotatable bonds is 2. The van der Waals surface area contributed by atoms with Gasteiger partial charge in [-0.25, -0.2) is 4.98 Å². The van der Waals surface area contributed by atoms with Crippen molar-refractivity contribution in [3.8, 4) is 16.9 Å². The van der Waals surface area contributed by atoms with Crippen molar-refractivity contribution in [2.75, 3.05) is 5.73 Å². The predicted molar refractivity (Wildman–Crippen MR) is 65.8 cm³/mol. The second-order valence-electron chi connectivity index (χ2n) is 4.23. The van der Waals surface area contributed by atoms with Crippen molar-refractivity contribution < 1.29 is 31.1 Å². The molecule has 0 radical (unpaired) electrons. The summed E-state index contributed by atoms with van der Waals surface area (Å²) >= 11 is 0.